The van der Waals surface area contributed by atoms with Crippen LogP contribution in [0.1, 0.15) is 30.9 Å². The quantitative estimate of drug-likeness (QED) is 0.461. The molecule has 3 rings (SSSR count). The van der Waals surface area contributed by atoms with Gasteiger partial charge in [0.1, 0.15) is 5.56 Å². The van der Waals surface area contributed by atoms with Gasteiger partial charge in [-0.05, 0) is 31.5 Å². The van der Waals surface area contributed by atoms with Gasteiger partial charge >= 0.3 is 0 Å². The molecule has 1 saturated heterocycles. The first-order chi connectivity index (χ1) is 11.2. The number of hydrogen-bond donors (Lipinski definition) is 2. The van der Waals surface area contributed by atoms with Crippen LogP contribution >= 0.6 is 12.2 Å². The molecule has 2 N–H and O–H groups in total. The maximum Gasteiger partial charge on any atom is 0.264 e. The maximum atomic E-state index is 12.0. The Kier molecular flexibility index (Phi) is 5.24. The van der Waals surface area contributed by atoms with Crippen LogP contribution in [0.4, 0.5) is 0 Å². The molecule has 8 heteroatoms. The number of aromatic amines is 1. The Morgan fingerprint density at radius 2 is 2.13 bits per heavy atom. The van der Waals surface area contributed by atoms with Gasteiger partial charge in [0.2, 0.25) is 5.88 Å². The van der Waals surface area contributed by atoms with E-state index in [-0.39, 0.29) is 27.8 Å². The molecule has 1 aromatic rings. The van der Waals surface area contributed by atoms with E-state index in [4.69, 9.17) is 17.0 Å². The molecule has 2 heterocycles. The third kappa shape index (κ3) is 4.07. The van der Waals surface area contributed by atoms with Crippen molar-refractivity contribution in [2.75, 3.05) is 39.4 Å². The second kappa shape index (κ2) is 7.37. The summed E-state index contributed by atoms with van der Waals surface area (Å²) in [5.74, 6) is -0.0711. The third-order valence-electron chi connectivity index (χ3n) is 4.15. The summed E-state index contributed by atoms with van der Waals surface area (Å²) in [5, 5.41) is 10.3. The second-order valence-corrected chi connectivity index (χ2v) is 6.33. The Bertz CT molecular complexity index is 687. The Morgan fingerprint density at radius 3 is 2.83 bits per heavy atom. The zero-order valence-corrected chi connectivity index (χ0v) is 13.8. The van der Waals surface area contributed by atoms with Crippen molar-refractivity contribution in [1.29, 1.82) is 0 Å². The van der Waals surface area contributed by atoms with Crippen molar-refractivity contribution >= 4 is 18.4 Å². The van der Waals surface area contributed by atoms with Crippen LogP contribution in [0.2, 0.25) is 0 Å². The Morgan fingerprint density at radius 1 is 1.39 bits per heavy atom. The number of nitrogens with one attached hydrogen (secondary N) is 1. The van der Waals surface area contributed by atoms with E-state index in [1.807, 2.05) is 0 Å². The molecule has 0 bridgehead atoms. The number of aromatic hydroxyl groups is 1. The lowest BCUT2D eigenvalue weighted by molar-refractivity contribution is 0.0377. The minimum Gasteiger partial charge on any atom is -0.494 e. The maximum absolute atomic E-state index is 12.0. The largest absolute Gasteiger partial charge is 0.494 e. The van der Waals surface area contributed by atoms with Crippen molar-refractivity contribution in [3.05, 3.63) is 20.7 Å². The summed E-state index contributed by atoms with van der Waals surface area (Å²) in [4.78, 5) is 21.2. The van der Waals surface area contributed by atoms with Gasteiger partial charge in [0.15, 0.2) is 4.77 Å². The van der Waals surface area contributed by atoms with E-state index in [1.165, 1.54) is 6.21 Å². The number of H-pyrrole nitrogens is 1. The summed E-state index contributed by atoms with van der Waals surface area (Å²) in [5.41, 5.74) is -0.196. The number of nitrogens with zero attached hydrogens (tertiary/aromatic N) is 3. The van der Waals surface area contributed by atoms with Crippen LogP contribution in [-0.4, -0.2) is 65.2 Å². The minimum atomic E-state index is -0.388. The van der Waals surface area contributed by atoms with E-state index in [9.17, 15) is 9.90 Å². The summed E-state index contributed by atoms with van der Waals surface area (Å²) in [7, 11) is 0. The van der Waals surface area contributed by atoms with Crippen molar-refractivity contribution in [2.24, 2.45) is 4.99 Å². The highest BCUT2D eigenvalue weighted by Gasteiger charge is 2.27. The predicted molar refractivity (Wildman–Crippen MR) is 90.2 cm³/mol. The molecule has 0 unspecified atom stereocenters. The molecule has 2 fully saturated rings. The standard InChI is InChI=1S/C15H22N4O3S/c20-13-12(14(21)19(11-2-3-11)15(23)17-13)10-16-4-1-5-18-6-8-22-9-7-18/h10-11,21H,1-9H2,(H,17,20,23). The van der Waals surface area contributed by atoms with E-state index in [0.29, 0.717) is 6.54 Å². The first-order valence-corrected chi connectivity index (χ1v) is 8.45. The molecule has 1 aromatic heterocycles. The minimum absolute atomic E-state index is 0.0711. The molecular formula is C15H22N4O3S. The van der Waals surface area contributed by atoms with Crippen LogP contribution in [0.3, 0.4) is 0 Å². The van der Waals surface area contributed by atoms with Crippen molar-refractivity contribution in [3.63, 3.8) is 0 Å². The van der Waals surface area contributed by atoms with Gasteiger partial charge < -0.3 is 9.84 Å². The van der Waals surface area contributed by atoms with Gasteiger partial charge in [0, 0.05) is 38.4 Å². The SMILES string of the molecule is O=c1[nH]c(=S)n(C2CC2)c(O)c1C=NCCCN1CCOCC1. The van der Waals surface area contributed by atoms with Gasteiger partial charge in [0.05, 0.1) is 13.2 Å². The average molecular weight is 338 g/mol. The lowest BCUT2D eigenvalue weighted by Gasteiger charge is -2.26. The van der Waals surface area contributed by atoms with Crippen molar-refractivity contribution < 1.29 is 9.84 Å². The fraction of sp³-hybridized carbons (Fsp3) is 0.667. The Balaban J connectivity index is 1.59. The third-order valence-corrected chi connectivity index (χ3v) is 4.45. The van der Waals surface area contributed by atoms with Gasteiger partial charge in [-0.15, -0.1) is 0 Å². The molecule has 126 valence electrons. The smallest absolute Gasteiger partial charge is 0.264 e. The van der Waals surface area contributed by atoms with Crippen LogP contribution in [0.15, 0.2) is 9.79 Å². The average Bonchev–Trinajstić information content (AvgIpc) is 3.35. The van der Waals surface area contributed by atoms with Gasteiger partial charge in [-0.25, -0.2) is 0 Å². The number of aliphatic imine (C=N–C) groups is 1. The molecule has 0 atom stereocenters. The fourth-order valence-corrected chi connectivity index (χ4v) is 3.03. The van der Waals surface area contributed by atoms with Crippen LogP contribution < -0.4 is 5.56 Å². The molecule has 0 amide bonds. The summed E-state index contributed by atoms with van der Waals surface area (Å²) in [6, 6.07) is 0.202. The zero-order chi connectivity index (χ0) is 16.2. The topological polar surface area (TPSA) is 82.8 Å². The lowest BCUT2D eigenvalue weighted by Crippen LogP contribution is -2.37. The summed E-state index contributed by atoms with van der Waals surface area (Å²) < 4.78 is 7.20. The Labute approximate surface area is 139 Å². The number of ether oxygens (including phenoxy) is 1. The van der Waals surface area contributed by atoms with Gasteiger partial charge in [-0.3, -0.25) is 24.2 Å². The van der Waals surface area contributed by atoms with Gasteiger partial charge in [0.25, 0.3) is 5.56 Å². The number of rotatable bonds is 6. The van der Waals surface area contributed by atoms with Crippen molar-refractivity contribution in [2.45, 2.75) is 25.3 Å². The number of hydrogen-bond acceptors (Lipinski definition) is 6. The van der Waals surface area contributed by atoms with E-state index < -0.39 is 0 Å². The van der Waals surface area contributed by atoms with E-state index in [2.05, 4.69) is 14.9 Å². The van der Waals surface area contributed by atoms with Crippen molar-refractivity contribution in [1.82, 2.24) is 14.5 Å². The first-order valence-electron chi connectivity index (χ1n) is 8.04. The highest BCUT2D eigenvalue weighted by molar-refractivity contribution is 7.71. The summed E-state index contributed by atoms with van der Waals surface area (Å²) in [6.45, 7) is 5.10. The number of aromatic nitrogens is 2. The van der Waals surface area contributed by atoms with Crippen LogP contribution in [0.5, 0.6) is 5.88 Å². The van der Waals surface area contributed by atoms with E-state index >= 15 is 0 Å². The zero-order valence-electron chi connectivity index (χ0n) is 13.0. The summed E-state index contributed by atoms with van der Waals surface area (Å²) >= 11 is 5.12. The van der Waals surface area contributed by atoms with Gasteiger partial charge in [-0.1, -0.05) is 0 Å². The molecule has 23 heavy (non-hydrogen) atoms. The normalized spacial score (nSPS) is 19.5. The molecule has 1 aliphatic carbocycles. The van der Waals surface area contributed by atoms with E-state index in [0.717, 1.165) is 52.1 Å². The van der Waals surface area contributed by atoms with Crippen LogP contribution in [-0.2, 0) is 4.74 Å². The lowest BCUT2D eigenvalue weighted by atomic mass is 10.3. The first kappa shape index (κ1) is 16.4. The van der Waals surface area contributed by atoms with Gasteiger partial charge in [-0.2, -0.15) is 0 Å². The molecule has 7 nitrogen and oxygen atoms in total. The van der Waals surface area contributed by atoms with Crippen molar-refractivity contribution in [3.8, 4) is 5.88 Å². The van der Waals surface area contributed by atoms with Crippen LogP contribution in [0, 0.1) is 4.77 Å². The molecule has 0 aromatic carbocycles. The van der Waals surface area contributed by atoms with E-state index in [1.54, 1.807) is 4.57 Å². The highest BCUT2D eigenvalue weighted by Crippen LogP contribution is 2.37. The molecule has 0 spiro atoms. The number of morpholine rings is 1. The van der Waals surface area contributed by atoms with Crippen LogP contribution in [0.25, 0.3) is 0 Å². The Hall–Kier alpha value is -1.51. The molecular weight excluding hydrogens is 316 g/mol. The fourth-order valence-electron chi connectivity index (χ4n) is 2.71. The molecule has 0 radical (unpaired) electrons. The molecule has 1 aliphatic heterocycles. The molecule has 1 saturated carbocycles. The predicted octanol–water partition coefficient (Wildman–Crippen LogP) is 1.09. The molecule has 2 aliphatic rings. The highest BCUT2D eigenvalue weighted by atomic mass is 32.1. The monoisotopic (exact) mass is 338 g/mol. The second-order valence-electron chi connectivity index (χ2n) is 5.94. The summed E-state index contributed by atoms with van der Waals surface area (Å²) in [6.07, 6.45) is 4.33.